The van der Waals surface area contributed by atoms with Gasteiger partial charge in [0.2, 0.25) is 9.84 Å². The number of methoxy groups -OCH3 is 1. The first-order chi connectivity index (χ1) is 17.8. The van der Waals surface area contributed by atoms with Gasteiger partial charge in [-0.3, -0.25) is 4.79 Å². The minimum absolute atomic E-state index is 0.0597. The monoisotopic (exact) mass is 518 g/mol. The first-order valence-corrected chi connectivity index (χ1v) is 13.4. The van der Waals surface area contributed by atoms with Crippen LogP contribution in [0.1, 0.15) is 34.1 Å². The number of ether oxygens (including phenoxy) is 2. The fraction of sp³-hybridized carbons (Fsp3) is 0.214. The number of hydrogen-bond acceptors (Lipinski definition) is 6. The smallest absolute Gasteiger partial charge is 0.354 e. The Morgan fingerprint density at radius 3 is 2.38 bits per heavy atom. The number of aromatic nitrogens is 2. The fourth-order valence-corrected chi connectivity index (χ4v) is 6.06. The number of hydrogen-bond donors (Lipinski definition) is 1. The number of aromatic amines is 1. The van der Waals surface area contributed by atoms with Crippen molar-refractivity contribution in [3.8, 4) is 17.1 Å². The molecular weight excluding hydrogens is 492 g/mol. The van der Waals surface area contributed by atoms with Crippen molar-refractivity contribution >= 4 is 15.8 Å². The topological polar surface area (TPSA) is 107 Å². The highest BCUT2D eigenvalue weighted by Crippen LogP contribution is 2.36. The van der Waals surface area contributed by atoms with Crippen LogP contribution in [0.2, 0.25) is 0 Å². The summed E-state index contributed by atoms with van der Waals surface area (Å²) in [5, 5.41) is 0. The van der Waals surface area contributed by atoms with Crippen LogP contribution in [0.25, 0.3) is 11.4 Å². The van der Waals surface area contributed by atoms with E-state index in [2.05, 4.69) is 4.98 Å². The summed E-state index contributed by atoms with van der Waals surface area (Å²) in [6.07, 6.45) is 1.10. The number of fused-ring (bicyclic) bond motifs is 3. The zero-order chi connectivity index (χ0) is 26.2. The van der Waals surface area contributed by atoms with Gasteiger partial charge in [0.05, 0.1) is 30.0 Å². The number of carbonyl (C=O) groups is 1. The van der Waals surface area contributed by atoms with E-state index < -0.39 is 21.4 Å². The summed E-state index contributed by atoms with van der Waals surface area (Å²) >= 11 is 0. The first kappa shape index (κ1) is 24.6. The number of esters is 1. The van der Waals surface area contributed by atoms with E-state index in [0.717, 1.165) is 11.1 Å². The maximum Gasteiger partial charge on any atom is 0.354 e. The molecule has 0 atom stereocenters. The number of H-pyrrole nitrogens is 1. The minimum atomic E-state index is -4.00. The highest BCUT2D eigenvalue weighted by molar-refractivity contribution is 7.91. The van der Waals surface area contributed by atoms with Gasteiger partial charge in [-0.2, -0.15) is 0 Å². The summed E-state index contributed by atoms with van der Waals surface area (Å²) < 4.78 is 38.8. The van der Waals surface area contributed by atoms with E-state index in [4.69, 9.17) is 9.47 Å². The molecule has 0 radical (unpaired) electrons. The van der Waals surface area contributed by atoms with Crippen molar-refractivity contribution in [2.75, 3.05) is 13.7 Å². The lowest BCUT2D eigenvalue weighted by Gasteiger charge is -2.21. The van der Waals surface area contributed by atoms with E-state index in [1.807, 2.05) is 28.8 Å². The van der Waals surface area contributed by atoms with Crippen molar-refractivity contribution in [3.05, 3.63) is 99.5 Å². The van der Waals surface area contributed by atoms with E-state index in [9.17, 15) is 18.0 Å². The van der Waals surface area contributed by atoms with Crippen molar-refractivity contribution in [1.82, 2.24) is 9.55 Å². The Labute approximate surface area is 214 Å². The molecule has 0 spiro atoms. The van der Waals surface area contributed by atoms with Gasteiger partial charge in [-0.15, -0.1) is 0 Å². The lowest BCUT2D eigenvalue weighted by atomic mass is 9.94. The molecule has 0 aliphatic heterocycles. The molecule has 0 fully saturated rings. The molecule has 0 unspecified atom stereocenters. The van der Waals surface area contributed by atoms with Gasteiger partial charge in [0.1, 0.15) is 16.3 Å². The summed E-state index contributed by atoms with van der Waals surface area (Å²) in [5.41, 5.74) is 3.37. The molecule has 0 saturated heterocycles. The third-order valence-electron chi connectivity index (χ3n) is 6.49. The summed E-state index contributed by atoms with van der Waals surface area (Å²) in [6, 6.07) is 18.7. The van der Waals surface area contributed by atoms with E-state index in [1.165, 1.54) is 18.2 Å². The van der Waals surface area contributed by atoms with E-state index in [-0.39, 0.29) is 16.4 Å². The number of aryl methyl sites for hydroxylation is 2. The molecule has 5 rings (SSSR count). The molecule has 0 saturated carbocycles. The van der Waals surface area contributed by atoms with Crippen molar-refractivity contribution < 1.29 is 22.7 Å². The van der Waals surface area contributed by atoms with Gasteiger partial charge in [-0.05, 0) is 72.9 Å². The minimum Gasteiger partial charge on any atom is -0.497 e. The zero-order valence-corrected chi connectivity index (χ0v) is 21.3. The number of nitrogens with one attached hydrogen (secondary N) is 1. The Morgan fingerprint density at radius 1 is 1.00 bits per heavy atom. The number of benzene rings is 2. The molecule has 0 amide bonds. The van der Waals surface area contributed by atoms with Crippen LogP contribution in [0.15, 0.2) is 81.3 Å². The number of rotatable bonds is 7. The number of pyridine rings is 1. The first-order valence-electron chi connectivity index (χ1n) is 11.9. The van der Waals surface area contributed by atoms with Crippen molar-refractivity contribution in [3.63, 3.8) is 0 Å². The molecule has 9 heteroatoms. The highest BCUT2D eigenvalue weighted by atomic mass is 32.2. The van der Waals surface area contributed by atoms with Gasteiger partial charge in [-0.25, -0.2) is 13.2 Å². The molecular formula is C28H26N2O6S. The summed E-state index contributed by atoms with van der Waals surface area (Å²) in [4.78, 5) is 28.6. The predicted octanol–water partition coefficient (Wildman–Crippen LogP) is 4.01. The predicted molar refractivity (Wildman–Crippen MR) is 138 cm³/mol. The zero-order valence-electron chi connectivity index (χ0n) is 20.5. The molecule has 1 N–H and O–H groups in total. The molecule has 0 bridgehead atoms. The van der Waals surface area contributed by atoms with Crippen LogP contribution in [0.4, 0.5) is 0 Å². The van der Waals surface area contributed by atoms with Gasteiger partial charge < -0.3 is 19.0 Å². The van der Waals surface area contributed by atoms with Crippen LogP contribution in [0, 0.1) is 0 Å². The largest absolute Gasteiger partial charge is 0.497 e. The average molecular weight is 519 g/mol. The number of carbonyl (C=O) groups excluding carboxylic acids is 1. The van der Waals surface area contributed by atoms with Crippen LogP contribution in [0.3, 0.4) is 0 Å². The third kappa shape index (κ3) is 4.46. The van der Waals surface area contributed by atoms with Crippen molar-refractivity contribution in [2.24, 2.45) is 0 Å². The highest BCUT2D eigenvalue weighted by Gasteiger charge is 2.30. The van der Waals surface area contributed by atoms with Crippen LogP contribution in [-0.4, -0.2) is 37.7 Å². The molecule has 1 aliphatic carbocycles. The lowest BCUT2D eigenvalue weighted by Crippen LogP contribution is -2.22. The lowest BCUT2D eigenvalue weighted by molar-refractivity contribution is 0.0514. The van der Waals surface area contributed by atoms with Crippen LogP contribution < -0.4 is 10.3 Å². The number of sulfone groups is 1. The van der Waals surface area contributed by atoms with Crippen LogP contribution in [0.5, 0.6) is 5.75 Å². The van der Waals surface area contributed by atoms with Crippen LogP contribution in [-0.2, 0) is 34.0 Å². The second-order valence-electron chi connectivity index (χ2n) is 8.74. The summed E-state index contributed by atoms with van der Waals surface area (Å²) in [5.74, 6) is 0.253. The maximum atomic E-state index is 13.2. The van der Waals surface area contributed by atoms with Gasteiger partial charge in [0.25, 0.3) is 5.56 Å². The molecule has 8 nitrogen and oxygen atoms in total. The SMILES string of the molecule is CCOC(=O)c1cc2c(n1Cc1ccc(OC)cc1)-c1[nH]c(=O)c(S(=O)(=O)c3ccccc3)cc1CC2. The summed E-state index contributed by atoms with van der Waals surface area (Å²) in [7, 11) is -2.40. The average Bonchev–Trinajstić information content (AvgIpc) is 3.28. The summed E-state index contributed by atoms with van der Waals surface area (Å²) in [6.45, 7) is 2.32. The van der Waals surface area contributed by atoms with Gasteiger partial charge in [0, 0.05) is 6.54 Å². The third-order valence-corrected chi connectivity index (χ3v) is 8.27. The van der Waals surface area contributed by atoms with E-state index in [1.54, 1.807) is 38.3 Å². The Bertz CT molecular complexity index is 1630. The number of nitrogens with zero attached hydrogens (tertiary/aromatic N) is 1. The second kappa shape index (κ2) is 9.74. The van der Waals surface area contributed by atoms with E-state index in [0.29, 0.717) is 47.8 Å². The molecule has 37 heavy (non-hydrogen) atoms. The Hall–Kier alpha value is -4.11. The van der Waals surface area contributed by atoms with Gasteiger partial charge in [-0.1, -0.05) is 30.3 Å². The van der Waals surface area contributed by atoms with Crippen LogP contribution >= 0.6 is 0 Å². The van der Waals surface area contributed by atoms with Crippen molar-refractivity contribution in [1.29, 1.82) is 0 Å². The Balaban J connectivity index is 1.65. The van der Waals surface area contributed by atoms with Gasteiger partial charge >= 0.3 is 5.97 Å². The second-order valence-corrected chi connectivity index (χ2v) is 10.7. The fourth-order valence-electron chi connectivity index (χ4n) is 4.70. The van der Waals surface area contributed by atoms with E-state index >= 15 is 0 Å². The molecule has 190 valence electrons. The molecule has 1 aliphatic rings. The molecule has 2 heterocycles. The molecule has 2 aromatic heterocycles. The molecule has 2 aromatic carbocycles. The van der Waals surface area contributed by atoms with Gasteiger partial charge in [0.15, 0.2) is 0 Å². The quantitative estimate of drug-likeness (QED) is 0.371. The maximum absolute atomic E-state index is 13.2. The standard InChI is InChI=1S/C28H26N2O6S/c1-3-36-28(32)23-15-20-12-11-19-16-24(37(33,34)22-7-5-4-6-8-22)27(31)29-25(19)26(20)30(23)17-18-9-13-21(35-2)14-10-18/h4-10,13-16H,3,11-12,17H2,1-2H3,(H,29,31). The Morgan fingerprint density at radius 2 is 1.70 bits per heavy atom. The van der Waals surface area contributed by atoms with Crippen molar-refractivity contribution in [2.45, 2.75) is 36.1 Å². The molecule has 4 aromatic rings. The Kier molecular flexibility index (Phi) is 6.47. The normalized spacial score (nSPS) is 12.5.